The molecule has 1 aromatic rings. The van der Waals surface area contributed by atoms with Gasteiger partial charge >= 0.3 is 6.03 Å². The van der Waals surface area contributed by atoms with Crippen LogP contribution in [0.15, 0.2) is 18.2 Å². The van der Waals surface area contributed by atoms with Gasteiger partial charge in [0.05, 0.1) is 7.11 Å². The van der Waals surface area contributed by atoms with E-state index in [0.717, 1.165) is 5.69 Å². The fraction of sp³-hybridized carbons (Fsp3) is 0.526. The molecule has 1 aromatic carbocycles. The van der Waals surface area contributed by atoms with Gasteiger partial charge in [0, 0.05) is 49.9 Å². The summed E-state index contributed by atoms with van der Waals surface area (Å²) in [4.78, 5) is 39.9. The van der Waals surface area contributed by atoms with E-state index in [1.807, 2.05) is 4.90 Å². The van der Waals surface area contributed by atoms with Crippen molar-refractivity contribution in [2.24, 2.45) is 5.92 Å². The van der Waals surface area contributed by atoms with Gasteiger partial charge in [-0.25, -0.2) is 9.18 Å². The topological polar surface area (TPSA) is 91.0 Å². The van der Waals surface area contributed by atoms with Crippen molar-refractivity contribution in [3.05, 3.63) is 24.0 Å². The van der Waals surface area contributed by atoms with Crippen LogP contribution in [-0.2, 0) is 9.59 Å². The molecule has 0 aliphatic carbocycles. The van der Waals surface area contributed by atoms with Gasteiger partial charge in [0.2, 0.25) is 5.91 Å². The smallest absolute Gasteiger partial charge is 0.322 e. The van der Waals surface area contributed by atoms with Gasteiger partial charge in [-0.3, -0.25) is 14.9 Å². The Morgan fingerprint density at radius 1 is 1.25 bits per heavy atom. The second kappa shape index (κ2) is 7.65. The molecule has 2 aliphatic rings. The van der Waals surface area contributed by atoms with Crippen molar-refractivity contribution in [1.29, 1.82) is 0 Å². The first-order chi connectivity index (χ1) is 13.2. The zero-order valence-electron chi connectivity index (χ0n) is 16.3. The predicted octanol–water partition coefficient (Wildman–Crippen LogP) is 1.11. The third-order valence-corrected chi connectivity index (χ3v) is 5.30. The third kappa shape index (κ3) is 4.02. The Hall–Kier alpha value is -2.84. The summed E-state index contributed by atoms with van der Waals surface area (Å²) in [6, 6.07) is 4.01. The molecular weight excluding hydrogens is 367 g/mol. The molecule has 2 atom stereocenters. The highest BCUT2D eigenvalue weighted by atomic mass is 19.1. The van der Waals surface area contributed by atoms with E-state index in [1.165, 1.54) is 19.2 Å². The van der Waals surface area contributed by atoms with Gasteiger partial charge < -0.3 is 19.9 Å². The van der Waals surface area contributed by atoms with Crippen molar-refractivity contribution in [2.75, 3.05) is 38.2 Å². The first-order valence-corrected chi connectivity index (χ1v) is 9.24. The monoisotopic (exact) mass is 392 g/mol. The molecule has 4 amide bonds. The summed E-state index contributed by atoms with van der Waals surface area (Å²) in [5.41, 5.74) is -0.360. The lowest BCUT2D eigenvalue weighted by atomic mass is 9.89. The number of urea groups is 1. The van der Waals surface area contributed by atoms with E-state index in [1.54, 1.807) is 24.8 Å². The molecule has 2 fully saturated rings. The molecule has 3 rings (SSSR count). The SMILES string of the molecule is COc1cc(F)cc(N2CCN(C(=O)C(C)CC3(C)NC(=O)NC3=O)CC2)c1. The fourth-order valence-electron chi connectivity index (χ4n) is 3.77. The van der Waals surface area contributed by atoms with Crippen LogP contribution in [0.5, 0.6) is 5.75 Å². The lowest BCUT2D eigenvalue weighted by Crippen LogP contribution is -2.52. The van der Waals surface area contributed by atoms with Crippen LogP contribution in [0.4, 0.5) is 14.9 Å². The maximum absolute atomic E-state index is 13.7. The number of piperazine rings is 1. The highest BCUT2D eigenvalue weighted by Gasteiger charge is 2.44. The minimum atomic E-state index is -1.08. The third-order valence-electron chi connectivity index (χ3n) is 5.30. The van der Waals surface area contributed by atoms with Gasteiger partial charge in [-0.2, -0.15) is 0 Å². The molecule has 2 aliphatic heterocycles. The van der Waals surface area contributed by atoms with Crippen LogP contribution in [0.25, 0.3) is 0 Å². The molecule has 0 spiro atoms. The van der Waals surface area contributed by atoms with E-state index >= 15 is 0 Å². The van der Waals surface area contributed by atoms with Gasteiger partial charge in [0.15, 0.2) is 0 Å². The second-order valence-corrected chi connectivity index (χ2v) is 7.51. The zero-order chi connectivity index (χ0) is 20.5. The number of nitrogens with zero attached hydrogens (tertiary/aromatic N) is 2. The van der Waals surface area contributed by atoms with E-state index in [9.17, 15) is 18.8 Å². The Kier molecular flexibility index (Phi) is 5.44. The van der Waals surface area contributed by atoms with Gasteiger partial charge in [0.1, 0.15) is 17.1 Å². The molecule has 28 heavy (non-hydrogen) atoms. The minimum Gasteiger partial charge on any atom is -0.497 e. The summed E-state index contributed by atoms with van der Waals surface area (Å²) in [6.45, 7) is 5.51. The largest absolute Gasteiger partial charge is 0.497 e. The number of halogens is 1. The van der Waals surface area contributed by atoms with E-state index in [0.29, 0.717) is 31.9 Å². The molecule has 152 valence electrons. The van der Waals surface area contributed by atoms with E-state index < -0.39 is 23.4 Å². The lowest BCUT2D eigenvalue weighted by Gasteiger charge is -2.38. The number of methoxy groups -OCH3 is 1. The number of imide groups is 1. The first-order valence-electron chi connectivity index (χ1n) is 9.24. The van der Waals surface area contributed by atoms with Crippen LogP contribution < -0.4 is 20.3 Å². The Morgan fingerprint density at radius 3 is 2.50 bits per heavy atom. The lowest BCUT2D eigenvalue weighted by molar-refractivity contribution is -0.136. The van der Waals surface area contributed by atoms with Crippen molar-refractivity contribution in [2.45, 2.75) is 25.8 Å². The summed E-state index contributed by atoms with van der Waals surface area (Å²) in [5, 5.41) is 4.80. The molecule has 0 saturated carbocycles. The van der Waals surface area contributed by atoms with Gasteiger partial charge in [-0.05, 0) is 19.4 Å². The zero-order valence-corrected chi connectivity index (χ0v) is 16.3. The predicted molar refractivity (Wildman–Crippen MR) is 101 cm³/mol. The van der Waals surface area contributed by atoms with Crippen molar-refractivity contribution < 1.29 is 23.5 Å². The number of anilines is 1. The van der Waals surface area contributed by atoms with Crippen molar-refractivity contribution in [3.63, 3.8) is 0 Å². The Morgan fingerprint density at radius 2 is 1.93 bits per heavy atom. The number of carbonyl (C=O) groups excluding carboxylic acids is 3. The first kappa shape index (κ1) is 19.9. The number of nitrogens with one attached hydrogen (secondary N) is 2. The van der Waals surface area contributed by atoms with Crippen molar-refractivity contribution in [1.82, 2.24) is 15.5 Å². The quantitative estimate of drug-likeness (QED) is 0.733. The number of amides is 4. The summed E-state index contributed by atoms with van der Waals surface area (Å²) in [5.74, 6) is -0.817. The average molecular weight is 392 g/mol. The number of benzene rings is 1. The Balaban J connectivity index is 1.58. The number of carbonyl (C=O) groups is 3. The number of hydrogen-bond acceptors (Lipinski definition) is 5. The normalized spacial score (nSPS) is 23.3. The summed E-state index contributed by atoms with van der Waals surface area (Å²) < 4.78 is 18.8. The highest BCUT2D eigenvalue weighted by molar-refractivity contribution is 6.07. The van der Waals surface area contributed by atoms with Gasteiger partial charge in [-0.15, -0.1) is 0 Å². The van der Waals surface area contributed by atoms with Gasteiger partial charge in [0.25, 0.3) is 5.91 Å². The van der Waals surface area contributed by atoms with Crippen molar-refractivity contribution >= 4 is 23.5 Å². The molecule has 2 N–H and O–H groups in total. The molecule has 2 saturated heterocycles. The summed E-state index contributed by atoms with van der Waals surface area (Å²) in [6.07, 6.45) is 0.227. The van der Waals surface area contributed by atoms with Crippen LogP contribution >= 0.6 is 0 Å². The maximum Gasteiger partial charge on any atom is 0.322 e. The highest BCUT2D eigenvalue weighted by Crippen LogP contribution is 2.26. The number of hydrogen-bond donors (Lipinski definition) is 2. The Labute approximate surface area is 163 Å². The van der Waals surface area contributed by atoms with E-state index in [4.69, 9.17) is 4.74 Å². The van der Waals surface area contributed by atoms with Crippen molar-refractivity contribution in [3.8, 4) is 5.75 Å². The molecule has 0 bridgehead atoms. The molecule has 2 heterocycles. The fourth-order valence-corrected chi connectivity index (χ4v) is 3.77. The molecule has 0 aromatic heterocycles. The number of ether oxygens (including phenoxy) is 1. The van der Waals surface area contributed by atoms with Crippen LogP contribution in [-0.4, -0.2) is 61.6 Å². The molecule has 9 heteroatoms. The Bertz CT molecular complexity index is 794. The minimum absolute atomic E-state index is 0.0633. The summed E-state index contributed by atoms with van der Waals surface area (Å²) in [7, 11) is 1.49. The van der Waals surface area contributed by atoms with E-state index in [2.05, 4.69) is 10.6 Å². The molecule has 2 unspecified atom stereocenters. The number of rotatable bonds is 5. The molecular formula is C19H25FN4O4. The second-order valence-electron chi connectivity index (χ2n) is 7.51. The molecule has 8 nitrogen and oxygen atoms in total. The standard InChI is InChI=1S/C19H25FN4O4/c1-12(11-19(2)17(26)21-18(27)22-19)16(25)24-6-4-23(5-7-24)14-8-13(20)9-15(10-14)28-3/h8-10,12H,4-7,11H2,1-3H3,(H2,21,22,26,27). The van der Waals surface area contributed by atoms with Gasteiger partial charge in [-0.1, -0.05) is 6.92 Å². The molecule has 0 radical (unpaired) electrons. The van der Waals surface area contributed by atoms with Crippen LogP contribution in [0.2, 0.25) is 0 Å². The average Bonchev–Trinajstić information content (AvgIpc) is 2.91. The van der Waals surface area contributed by atoms with Crippen LogP contribution in [0.3, 0.4) is 0 Å². The van der Waals surface area contributed by atoms with Crippen LogP contribution in [0, 0.1) is 11.7 Å². The van der Waals surface area contributed by atoms with Crippen LogP contribution in [0.1, 0.15) is 20.3 Å². The van der Waals surface area contributed by atoms with E-state index in [-0.39, 0.29) is 18.1 Å². The summed E-state index contributed by atoms with van der Waals surface area (Å²) >= 11 is 0. The maximum atomic E-state index is 13.7.